The predicted molar refractivity (Wildman–Crippen MR) is 33.3 cm³/mol. The molecule has 2 unspecified atom stereocenters. The van der Waals surface area contributed by atoms with Crippen LogP contribution in [-0.2, 0) is 0 Å². The summed E-state index contributed by atoms with van der Waals surface area (Å²) in [4.78, 5) is 0. The summed E-state index contributed by atoms with van der Waals surface area (Å²) < 4.78 is 0. The van der Waals surface area contributed by atoms with E-state index >= 15 is 0 Å². The molecule has 0 aromatic heterocycles. The predicted octanol–water partition coefficient (Wildman–Crippen LogP) is -1.78. The van der Waals surface area contributed by atoms with Gasteiger partial charge in [0.1, 0.15) is 6.10 Å². The van der Waals surface area contributed by atoms with Gasteiger partial charge in [-0.25, -0.2) is 0 Å². The minimum absolute atomic E-state index is 0.151. The normalized spacial score (nSPS) is 49.2. The van der Waals surface area contributed by atoms with Crippen LogP contribution in [0.15, 0.2) is 0 Å². The Balaban J connectivity index is 2.49. The van der Waals surface area contributed by atoms with E-state index in [-0.39, 0.29) is 12.8 Å². The van der Waals surface area contributed by atoms with Gasteiger partial charge in [0.05, 0.1) is 18.3 Å². The van der Waals surface area contributed by atoms with E-state index < -0.39 is 24.4 Å². The third-order valence-corrected chi connectivity index (χ3v) is 1.82. The highest BCUT2D eigenvalue weighted by Crippen LogP contribution is 2.19. The number of hydrogen-bond acceptors (Lipinski definition) is 4. The second-order valence-electron chi connectivity index (χ2n) is 2.75. The van der Waals surface area contributed by atoms with Gasteiger partial charge in [0, 0.05) is 12.8 Å². The van der Waals surface area contributed by atoms with Crippen LogP contribution in [0.3, 0.4) is 0 Å². The lowest BCUT2D eigenvalue weighted by molar-refractivity contribution is -0.116. The number of aliphatic hydroxyl groups excluding tert-OH is 4. The molecule has 0 aromatic carbocycles. The molecule has 0 bridgehead atoms. The van der Waals surface area contributed by atoms with Crippen LogP contribution in [0.25, 0.3) is 0 Å². The fraction of sp³-hybridized carbons (Fsp3) is 1.00. The topological polar surface area (TPSA) is 80.9 Å². The van der Waals surface area contributed by atoms with E-state index in [1.807, 2.05) is 0 Å². The Labute approximate surface area is 58.7 Å². The van der Waals surface area contributed by atoms with Crippen molar-refractivity contribution >= 4 is 0 Å². The molecular weight excluding hydrogens is 136 g/mol. The fourth-order valence-corrected chi connectivity index (χ4v) is 1.19. The Morgan fingerprint density at radius 2 is 1.20 bits per heavy atom. The lowest BCUT2D eigenvalue weighted by Crippen LogP contribution is -2.46. The lowest BCUT2D eigenvalue weighted by Gasteiger charge is -2.31. The van der Waals surface area contributed by atoms with Gasteiger partial charge >= 0.3 is 0 Å². The highest BCUT2D eigenvalue weighted by molar-refractivity contribution is 4.85. The maximum Gasteiger partial charge on any atom is 0.106 e. The summed E-state index contributed by atoms with van der Waals surface area (Å²) in [6, 6.07) is 0. The highest BCUT2D eigenvalue weighted by atomic mass is 16.4. The summed E-state index contributed by atoms with van der Waals surface area (Å²) in [6.45, 7) is 0. The Bertz CT molecular complexity index is 104. The van der Waals surface area contributed by atoms with Crippen LogP contribution in [0, 0.1) is 0 Å². The average molecular weight is 148 g/mol. The first-order chi connectivity index (χ1) is 4.61. The monoisotopic (exact) mass is 148 g/mol. The maximum atomic E-state index is 8.95. The van der Waals surface area contributed by atoms with Gasteiger partial charge in [-0.05, 0) is 0 Å². The second kappa shape index (κ2) is 2.84. The molecule has 1 saturated carbocycles. The van der Waals surface area contributed by atoms with Gasteiger partial charge in [0.2, 0.25) is 0 Å². The fourth-order valence-electron chi connectivity index (χ4n) is 1.19. The van der Waals surface area contributed by atoms with E-state index in [0.717, 1.165) is 0 Å². The summed E-state index contributed by atoms with van der Waals surface area (Å²) in [6.07, 6.45) is -3.45. The van der Waals surface area contributed by atoms with E-state index in [9.17, 15) is 0 Å². The number of aliphatic hydroxyl groups is 4. The third kappa shape index (κ3) is 1.46. The van der Waals surface area contributed by atoms with Gasteiger partial charge in [-0.15, -0.1) is 0 Å². The smallest absolute Gasteiger partial charge is 0.106 e. The Morgan fingerprint density at radius 1 is 0.800 bits per heavy atom. The molecule has 0 heterocycles. The summed E-state index contributed by atoms with van der Waals surface area (Å²) in [5.41, 5.74) is 0. The van der Waals surface area contributed by atoms with Gasteiger partial charge in [-0.2, -0.15) is 0 Å². The van der Waals surface area contributed by atoms with Crippen molar-refractivity contribution in [3.05, 3.63) is 0 Å². The summed E-state index contributed by atoms with van der Waals surface area (Å²) in [5, 5.41) is 35.8. The molecular formula is C6H12O4. The van der Waals surface area contributed by atoms with Gasteiger partial charge in [0.15, 0.2) is 0 Å². The zero-order valence-electron chi connectivity index (χ0n) is 5.51. The number of hydrogen-bond donors (Lipinski definition) is 4. The lowest BCUT2D eigenvalue weighted by atomic mass is 9.90. The van der Waals surface area contributed by atoms with Crippen molar-refractivity contribution < 1.29 is 20.4 Å². The van der Waals surface area contributed by atoms with Crippen molar-refractivity contribution in [1.82, 2.24) is 0 Å². The van der Waals surface area contributed by atoms with Gasteiger partial charge in [-0.1, -0.05) is 0 Å². The van der Waals surface area contributed by atoms with Crippen LogP contribution in [0.4, 0.5) is 0 Å². The quantitative estimate of drug-likeness (QED) is 0.327. The number of rotatable bonds is 0. The van der Waals surface area contributed by atoms with E-state index in [0.29, 0.717) is 0 Å². The summed E-state index contributed by atoms with van der Waals surface area (Å²) >= 11 is 0. The molecule has 4 nitrogen and oxygen atoms in total. The molecule has 0 aliphatic heterocycles. The van der Waals surface area contributed by atoms with Crippen LogP contribution in [-0.4, -0.2) is 44.8 Å². The van der Waals surface area contributed by atoms with Crippen molar-refractivity contribution in [2.24, 2.45) is 0 Å². The average Bonchev–Trinajstić information content (AvgIpc) is 1.82. The third-order valence-electron chi connectivity index (χ3n) is 1.82. The van der Waals surface area contributed by atoms with E-state index in [4.69, 9.17) is 20.4 Å². The first-order valence-corrected chi connectivity index (χ1v) is 3.33. The standard InChI is InChI=1S/C6H12O4/c7-3-1-4(8)6(10)5(9)2-3/h3-10H,1-2H2/t3?,4-,5+,6?. The van der Waals surface area contributed by atoms with Crippen molar-refractivity contribution in [3.63, 3.8) is 0 Å². The first-order valence-electron chi connectivity index (χ1n) is 3.33. The molecule has 60 valence electrons. The van der Waals surface area contributed by atoms with Crippen molar-refractivity contribution in [2.45, 2.75) is 37.3 Å². The van der Waals surface area contributed by atoms with Gasteiger partial charge in [0.25, 0.3) is 0 Å². The molecule has 1 aliphatic carbocycles. The SMILES string of the molecule is OC1C[C@@H](O)C(O)[C@@H](O)C1. The molecule has 10 heavy (non-hydrogen) atoms. The highest BCUT2D eigenvalue weighted by Gasteiger charge is 2.33. The zero-order valence-corrected chi connectivity index (χ0v) is 5.51. The Morgan fingerprint density at radius 3 is 1.60 bits per heavy atom. The zero-order chi connectivity index (χ0) is 7.72. The molecule has 4 heteroatoms. The largest absolute Gasteiger partial charge is 0.393 e. The minimum Gasteiger partial charge on any atom is -0.393 e. The van der Waals surface area contributed by atoms with Crippen molar-refractivity contribution in [1.29, 1.82) is 0 Å². The second-order valence-corrected chi connectivity index (χ2v) is 2.75. The summed E-state index contributed by atoms with van der Waals surface area (Å²) in [7, 11) is 0. The van der Waals surface area contributed by atoms with E-state index in [1.165, 1.54) is 0 Å². The molecule has 1 aliphatic rings. The molecule has 1 fully saturated rings. The molecule has 4 atom stereocenters. The Kier molecular flexibility index (Phi) is 2.25. The van der Waals surface area contributed by atoms with E-state index in [2.05, 4.69) is 0 Å². The molecule has 4 N–H and O–H groups in total. The van der Waals surface area contributed by atoms with Crippen LogP contribution in [0.5, 0.6) is 0 Å². The van der Waals surface area contributed by atoms with Gasteiger partial charge in [-0.3, -0.25) is 0 Å². The van der Waals surface area contributed by atoms with E-state index in [1.54, 1.807) is 0 Å². The van der Waals surface area contributed by atoms with Crippen LogP contribution >= 0.6 is 0 Å². The van der Waals surface area contributed by atoms with Gasteiger partial charge < -0.3 is 20.4 Å². The molecule has 1 rings (SSSR count). The first kappa shape index (κ1) is 7.94. The van der Waals surface area contributed by atoms with Crippen molar-refractivity contribution in [3.8, 4) is 0 Å². The molecule has 0 saturated heterocycles. The molecule has 0 radical (unpaired) electrons. The molecule has 0 amide bonds. The molecule has 0 aromatic rings. The molecule has 0 spiro atoms. The van der Waals surface area contributed by atoms with Crippen LogP contribution in [0.2, 0.25) is 0 Å². The Hall–Kier alpha value is -0.160. The van der Waals surface area contributed by atoms with Crippen molar-refractivity contribution in [2.75, 3.05) is 0 Å². The maximum absolute atomic E-state index is 8.95. The van der Waals surface area contributed by atoms with Crippen LogP contribution in [0.1, 0.15) is 12.8 Å². The summed E-state index contributed by atoms with van der Waals surface area (Å²) in [5.74, 6) is 0. The van der Waals surface area contributed by atoms with Crippen LogP contribution < -0.4 is 0 Å². The minimum atomic E-state index is -1.09.